The lowest BCUT2D eigenvalue weighted by molar-refractivity contribution is 0.0531. The number of ether oxygens (including phenoxy) is 1. The van der Waals surface area contributed by atoms with Crippen LogP contribution < -0.4 is 10.2 Å². The average Bonchev–Trinajstić information content (AvgIpc) is 2.44. The second kappa shape index (κ2) is 7.18. The van der Waals surface area contributed by atoms with E-state index in [0.717, 1.165) is 43.4 Å². The monoisotopic (exact) mass is 292 g/mol. The number of hydrogen-bond donors (Lipinski definition) is 1. The molecule has 1 saturated heterocycles. The number of nitrogens with zero attached hydrogens (tertiary/aromatic N) is 3. The topological polar surface area (TPSA) is 50.3 Å². The summed E-state index contributed by atoms with van der Waals surface area (Å²) in [6.07, 6.45) is 2.24. The van der Waals surface area contributed by atoms with Crippen molar-refractivity contribution in [3.8, 4) is 0 Å². The lowest BCUT2D eigenvalue weighted by Crippen LogP contribution is -2.42. The van der Waals surface area contributed by atoms with Gasteiger partial charge in [0.1, 0.15) is 5.82 Å². The molecule has 118 valence electrons. The molecule has 0 aromatic carbocycles. The van der Waals surface area contributed by atoms with Gasteiger partial charge in [-0.15, -0.1) is 0 Å². The molecule has 0 saturated carbocycles. The van der Waals surface area contributed by atoms with Crippen LogP contribution in [0.4, 0.5) is 5.69 Å². The Bertz CT molecular complexity index is 462. The van der Waals surface area contributed by atoms with Crippen molar-refractivity contribution < 1.29 is 4.74 Å². The van der Waals surface area contributed by atoms with Gasteiger partial charge in [-0.1, -0.05) is 27.7 Å². The number of morpholine rings is 1. The Morgan fingerprint density at radius 2 is 2.14 bits per heavy atom. The SMILES string of the molecule is CC(C)NCc1nc(C(C)C)ncc1N1CCOC(C)C1. The maximum absolute atomic E-state index is 5.63. The van der Waals surface area contributed by atoms with E-state index in [1.54, 1.807) is 0 Å². The van der Waals surface area contributed by atoms with Crippen molar-refractivity contribution in [1.29, 1.82) is 0 Å². The van der Waals surface area contributed by atoms with Crippen LogP contribution in [0.15, 0.2) is 6.20 Å². The molecule has 2 heterocycles. The first-order chi connectivity index (χ1) is 9.97. The van der Waals surface area contributed by atoms with Gasteiger partial charge in [-0.05, 0) is 6.92 Å². The Morgan fingerprint density at radius 3 is 2.76 bits per heavy atom. The molecule has 1 aliphatic heterocycles. The van der Waals surface area contributed by atoms with Gasteiger partial charge < -0.3 is 15.0 Å². The number of rotatable bonds is 5. The third-order valence-electron chi connectivity index (χ3n) is 3.64. The minimum atomic E-state index is 0.259. The van der Waals surface area contributed by atoms with Crippen LogP contribution in [0.25, 0.3) is 0 Å². The van der Waals surface area contributed by atoms with E-state index < -0.39 is 0 Å². The number of anilines is 1. The molecule has 0 radical (unpaired) electrons. The second-order valence-electron chi connectivity index (χ2n) is 6.38. The molecule has 2 rings (SSSR count). The van der Waals surface area contributed by atoms with Crippen molar-refractivity contribution >= 4 is 5.69 Å². The molecule has 5 heteroatoms. The van der Waals surface area contributed by atoms with Crippen molar-refractivity contribution in [3.05, 3.63) is 17.7 Å². The maximum atomic E-state index is 5.63. The van der Waals surface area contributed by atoms with E-state index >= 15 is 0 Å². The Labute approximate surface area is 128 Å². The van der Waals surface area contributed by atoms with Crippen molar-refractivity contribution in [2.75, 3.05) is 24.6 Å². The summed E-state index contributed by atoms with van der Waals surface area (Å²) in [5.74, 6) is 1.26. The van der Waals surface area contributed by atoms with Crippen LogP contribution in [0.5, 0.6) is 0 Å². The Balaban J connectivity index is 2.25. The quantitative estimate of drug-likeness (QED) is 0.902. The number of nitrogens with one attached hydrogen (secondary N) is 1. The fourth-order valence-corrected chi connectivity index (χ4v) is 2.44. The molecule has 1 aliphatic rings. The van der Waals surface area contributed by atoms with Crippen LogP contribution >= 0.6 is 0 Å². The number of hydrogen-bond acceptors (Lipinski definition) is 5. The molecule has 0 spiro atoms. The first-order valence-corrected chi connectivity index (χ1v) is 7.93. The molecule has 1 unspecified atom stereocenters. The highest BCUT2D eigenvalue weighted by atomic mass is 16.5. The highest BCUT2D eigenvalue weighted by molar-refractivity contribution is 5.49. The van der Waals surface area contributed by atoms with Gasteiger partial charge in [-0.25, -0.2) is 9.97 Å². The first-order valence-electron chi connectivity index (χ1n) is 7.93. The van der Waals surface area contributed by atoms with E-state index in [0.29, 0.717) is 12.0 Å². The van der Waals surface area contributed by atoms with Gasteiger partial charge in [0.2, 0.25) is 0 Å². The lowest BCUT2D eigenvalue weighted by atomic mass is 10.2. The Hall–Kier alpha value is -1.20. The molecule has 5 nitrogen and oxygen atoms in total. The molecule has 21 heavy (non-hydrogen) atoms. The Kier molecular flexibility index (Phi) is 5.53. The van der Waals surface area contributed by atoms with Gasteiger partial charge in [0.25, 0.3) is 0 Å². The van der Waals surface area contributed by atoms with E-state index in [1.807, 2.05) is 6.20 Å². The Morgan fingerprint density at radius 1 is 1.38 bits per heavy atom. The summed E-state index contributed by atoms with van der Waals surface area (Å²) < 4.78 is 5.63. The molecule has 1 aromatic rings. The van der Waals surface area contributed by atoms with Crippen molar-refractivity contribution in [2.45, 2.75) is 59.2 Å². The third kappa shape index (κ3) is 4.38. The van der Waals surface area contributed by atoms with Crippen LogP contribution in [0.1, 0.15) is 52.1 Å². The zero-order valence-electron chi connectivity index (χ0n) is 13.9. The minimum absolute atomic E-state index is 0.259. The van der Waals surface area contributed by atoms with Gasteiger partial charge in [-0.3, -0.25) is 0 Å². The predicted octanol–water partition coefficient (Wildman–Crippen LogP) is 2.32. The van der Waals surface area contributed by atoms with Crippen LogP contribution in [0.2, 0.25) is 0 Å². The highest BCUT2D eigenvalue weighted by Gasteiger charge is 2.21. The summed E-state index contributed by atoms with van der Waals surface area (Å²) >= 11 is 0. The summed E-state index contributed by atoms with van der Waals surface area (Å²) in [5, 5.41) is 3.47. The van der Waals surface area contributed by atoms with E-state index in [4.69, 9.17) is 9.72 Å². The van der Waals surface area contributed by atoms with Gasteiger partial charge in [0.15, 0.2) is 0 Å². The minimum Gasteiger partial charge on any atom is -0.375 e. The molecule has 0 amide bonds. The van der Waals surface area contributed by atoms with Gasteiger partial charge in [0, 0.05) is 31.6 Å². The summed E-state index contributed by atoms with van der Waals surface area (Å²) in [4.78, 5) is 11.7. The third-order valence-corrected chi connectivity index (χ3v) is 3.64. The van der Waals surface area contributed by atoms with Crippen molar-refractivity contribution in [1.82, 2.24) is 15.3 Å². The summed E-state index contributed by atoms with van der Waals surface area (Å²) in [7, 11) is 0. The lowest BCUT2D eigenvalue weighted by Gasteiger charge is -2.33. The van der Waals surface area contributed by atoms with Gasteiger partial charge in [0.05, 0.1) is 30.3 Å². The fraction of sp³-hybridized carbons (Fsp3) is 0.750. The molecular weight excluding hydrogens is 264 g/mol. The van der Waals surface area contributed by atoms with Crippen LogP contribution in [-0.2, 0) is 11.3 Å². The van der Waals surface area contributed by atoms with Crippen LogP contribution in [0.3, 0.4) is 0 Å². The van der Waals surface area contributed by atoms with E-state index in [1.165, 1.54) is 0 Å². The smallest absolute Gasteiger partial charge is 0.131 e. The predicted molar refractivity (Wildman–Crippen MR) is 85.7 cm³/mol. The molecule has 1 fully saturated rings. The first kappa shape index (κ1) is 16.2. The molecule has 0 bridgehead atoms. The van der Waals surface area contributed by atoms with Gasteiger partial charge in [-0.2, -0.15) is 0 Å². The van der Waals surface area contributed by atoms with Crippen LogP contribution in [-0.4, -0.2) is 41.8 Å². The fourth-order valence-electron chi connectivity index (χ4n) is 2.44. The van der Waals surface area contributed by atoms with E-state index in [9.17, 15) is 0 Å². The highest BCUT2D eigenvalue weighted by Crippen LogP contribution is 2.22. The molecular formula is C16H28N4O. The average molecular weight is 292 g/mol. The normalized spacial score (nSPS) is 19.6. The summed E-state index contributed by atoms with van der Waals surface area (Å²) in [5.41, 5.74) is 2.24. The van der Waals surface area contributed by atoms with E-state index in [2.05, 4.69) is 49.8 Å². The second-order valence-corrected chi connectivity index (χ2v) is 6.38. The van der Waals surface area contributed by atoms with Gasteiger partial charge >= 0.3 is 0 Å². The summed E-state index contributed by atoms with van der Waals surface area (Å²) in [6, 6.07) is 0.443. The molecule has 1 atom stereocenters. The zero-order valence-corrected chi connectivity index (χ0v) is 13.9. The molecule has 1 N–H and O–H groups in total. The standard InChI is InChI=1S/C16H28N4O/c1-11(2)16-18-9-15(14(19-16)8-17-12(3)4)20-6-7-21-13(5)10-20/h9,11-13,17H,6-8,10H2,1-5H3. The number of aromatic nitrogens is 2. The van der Waals surface area contributed by atoms with Crippen LogP contribution in [0, 0.1) is 0 Å². The van der Waals surface area contributed by atoms with E-state index in [-0.39, 0.29) is 6.10 Å². The largest absolute Gasteiger partial charge is 0.375 e. The molecule has 1 aromatic heterocycles. The molecule has 0 aliphatic carbocycles. The van der Waals surface area contributed by atoms with Crippen molar-refractivity contribution in [3.63, 3.8) is 0 Å². The maximum Gasteiger partial charge on any atom is 0.131 e. The zero-order chi connectivity index (χ0) is 15.4. The van der Waals surface area contributed by atoms with Crippen molar-refractivity contribution in [2.24, 2.45) is 0 Å². The summed E-state index contributed by atoms with van der Waals surface area (Å²) in [6.45, 7) is 14.0.